The number of hydrogen-bond donors (Lipinski definition) is 1. The Hall–Kier alpha value is -0.700. The molecule has 1 aliphatic rings. The number of anilines is 1. The Kier molecular flexibility index (Phi) is 6.02. The van der Waals surface area contributed by atoms with Crippen molar-refractivity contribution in [2.75, 3.05) is 5.73 Å². The molecule has 1 aliphatic carbocycles. The van der Waals surface area contributed by atoms with Crippen molar-refractivity contribution >= 4 is 17.4 Å². The lowest BCUT2D eigenvalue weighted by Gasteiger charge is -2.19. The van der Waals surface area contributed by atoms with Crippen LogP contribution in [0.3, 0.4) is 0 Å². The summed E-state index contributed by atoms with van der Waals surface area (Å²) >= 11 is 6.02. The van der Waals surface area contributed by atoms with Crippen molar-refractivity contribution in [3.8, 4) is 0 Å². The lowest BCUT2D eigenvalue weighted by molar-refractivity contribution is 0.365. The third-order valence-electron chi connectivity index (χ3n) is 4.21. The van der Waals surface area contributed by atoms with E-state index in [0.29, 0.717) is 16.9 Å². The van der Waals surface area contributed by atoms with Gasteiger partial charge in [0, 0.05) is 0 Å². The van der Waals surface area contributed by atoms with E-state index in [1.807, 2.05) is 4.68 Å². The molecule has 108 valence electrons. The second-order valence-electron chi connectivity index (χ2n) is 5.74. The highest BCUT2D eigenvalue weighted by molar-refractivity contribution is 6.32. The molecule has 0 amide bonds. The zero-order valence-corrected chi connectivity index (χ0v) is 12.5. The molecule has 1 heterocycles. The average molecular weight is 284 g/mol. The Morgan fingerprint density at radius 2 is 1.42 bits per heavy atom. The molecule has 1 aromatic rings. The summed E-state index contributed by atoms with van der Waals surface area (Å²) in [6.07, 6.45) is 16.3. The number of aromatic nitrogens is 2. The monoisotopic (exact) mass is 283 g/mol. The van der Waals surface area contributed by atoms with E-state index in [2.05, 4.69) is 5.10 Å². The van der Waals surface area contributed by atoms with Gasteiger partial charge in [0.05, 0.1) is 12.2 Å². The minimum absolute atomic E-state index is 0.437. The van der Waals surface area contributed by atoms with Gasteiger partial charge in [0.25, 0.3) is 0 Å². The van der Waals surface area contributed by atoms with Crippen molar-refractivity contribution in [1.29, 1.82) is 0 Å². The third-order valence-corrected chi connectivity index (χ3v) is 4.50. The smallest absolute Gasteiger partial charge is 0.140 e. The molecule has 4 heteroatoms. The van der Waals surface area contributed by atoms with Gasteiger partial charge in [-0.05, 0) is 12.8 Å². The van der Waals surface area contributed by atoms with E-state index in [9.17, 15) is 0 Å². The fourth-order valence-electron chi connectivity index (χ4n) is 3.03. The fraction of sp³-hybridized carbons (Fsp3) is 0.800. The van der Waals surface area contributed by atoms with Gasteiger partial charge in [0.1, 0.15) is 10.8 Å². The molecule has 0 aromatic carbocycles. The van der Waals surface area contributed by atoms with Crippen LogP contribution in [0.25, 0.3) is 0 Å². The second-order valence-corrected chi connectivity index (χ2v) is 6.14. The van der Waals surface area contributed by atoms with Crippen molar-refractivity contribution < 1.29 is 0 Å². The molecule has 0 atom stereocenters. The fourth-order valence-corrected chi connectivity index (χ4v) is 3.16. The standard InChI is InChI=1S/C15H26ClN3/c16-14-12-18-19(15(14)17)13-10-8-6-4-2-1-3-5-7-9-11-13/h12-13H,1-11,17H2. The van der Waals surface area contributed by atoms with Gasteiger partial charge in [-0.1, -0.05) is 69.4 Å². The summed E-state index contributed by atoms with van der Waals surface area (Å²) < 4.78 is 1.95. The molecule has 0 radical (unpaired) electrons. The zero-order valence-electron chi connectivity index (χ0n) is 11.8. The summed E-state index contributed by atoms with van der Waals surface area (Å²) in [6.45, 7) is 0. The lowest BCUT2D eigenvalue weighted by Crippen LogP contribution is -2.13. The third kappa shape index (κ3) is 4.41. The lowest BCUT2D eigenvalue weighted by atomic mass is 9.98. The van der Waals surface area contributed by atoms with Crippen LogP contribution in [0, 0.1) is 0 Å². The molecule has 0 saturated heterocycles. The molecule has 2 N–H and O–H groups in total. The van der Waals surface area contributed by atoms with Gasteiger partial charge in [-0.25, -0.2) is 4.68 Å². The van der Waals surface area contributed by atoms with Gasteiger partial charge in [0.15, 0.2) is 0 Å². The van der Waals surface area contributed by atoms with Crippen molar-refractivity contribution in [1.82, 2.24) is 9.78 Å². The molecular formula is C15H26ClN3. The maximum atomic E-state index is 6.02. The SMILES string of the molecule is Nc1c(Cl)cnn1C1CCCCCCCCCCC1. The van der Waals surface area contributed by atoms with Gasteiger partial charge < -0.3 is 5.73 Å². The number of rotatable bonds is 1. The van der Waals surface area contributed by atoms with E-state index in [0.717, 1.165) is 0 Å². The molecule has 1 saturated carbocycles. The van der Waals surface area contributed by atoms with E-state index < -0.39 is 0 Å². The number of nitrogens with two attached hydrogens (primary N) is 1. The normalized spacial score (nSPS) is 20.7. The number of halogens is 1. The summed E-state index contributed by atoms with van der Waals surface area (Å²) in [4.78, 5) is 0. The maximum absolute atomic E-state index is 6.02. The summed E-state index contributed by atoms with van der Waals surface area (Å²) in [5.74, 6) is 0.638. The van der Waals surface area contributed by atoms with Crippen molar-refractivity contribution in [3.63, 3.8) is 0 Å². The van der Waals surface area contributed by atoms with E-state index in [1.54, 1.807) is 6.20 Å². The van der Waals surface area contributed by atoms with Gasteiger partial charge in [-0.15, -0.1) is 0 Å². The predicted octanol–water partition coefficient (Wildman–Crippen LogP) is 4.96. The van der Waals surface area contributed by atoms with Crippen LogP contribution >= 0.6 is 11.6 Å². The molecule has 19 heavy (non-hydrogen) atoms. The highest BCUT2D eigenvalue weighted by Gasteiger charge is 2.16. The molecule has 0 spiro atoms. The first-order valence-electron chi connectivity index (χ1n) is 7.77. The first-order chi connectivity index (χ1) is 9.29. The minimum atomic E-state index is 0.437. The van der Waals surface area contributed by atoms with Crippen LogP contribution in [0.4, 0.5) is 5.82 Å². The van der Waals surface area contributed by atoms with Crippen LogP contribution in [0.1, 0.15) is 76.7 Å². The van der Waals surface area contributed by atoms with Gasteiger partial charge >= 0.3 is 0 Å². The largest absolute Gasteiger partial charge is 0.383 e. The van der Waals surface area contributed by atoms with Crippen LogP contribution < -0.4 is 5.73 Å². The van der Waals surface area contributed by atoms with Gasteiger partial charge in [-0.2, -0.15) is 5.10 Å². The van der Waals surface area contributed by atoms with Crippen LogP contribution in [-0.2, 0) is 0 Å². The van der Waals surface area contributed by atoms with Crippen LogP contribution in [-0.4, -0.2) is 9.78 Å². The highest BCUT2D eigenvalue weighted by atomic mass is 35.5. The first kappa shape index (κ1) is 14.7. The van der Waals surface area contributed by atoms with E-state index in [1.165, 1.54) is 70.6 Å². The van der Waals surface area contributed by atoms with Crippen LogP contribution in [0.15, 0.2) is 6.20 Å². The van der Waals surface area contributed by atoms with Gasteiger partial charge in [-0.3, -0.25) is 0 Å². The molecule has 0 unspecified atom stereocenters. The first-order valence-corrected chi connectivity index (χ1v) is 8.15. The molecular weight excluding hydrogens is 258 g/mol. The Morgan fingerprint density at radius 3 is 1.84 bits per heavy atom. The molecule has 3 nitrogen and oxygen atoms in total. The Morgan fingerprint density at radius 1 is 0.947 bits per heavy atom. The quantitative estimate of drug-likeness (QED) is 0.791. The molecule has 1 aromatic heterocycles. The molecule has 1 fully saturated rings. The summed E-state index contributed by atoms with van der Waals surface area (Å²) in [5, 5.41) is 4.96. The van der Waals surface area contributed by atoms with E-state index in [4.69, 9.17) is 17.3 Å². The summed E-state index contributed by atoms with van der Waals surface area (Å²) in [7, 11) is 0. The van der Waals surface area contributed by atoms with E-state index in [-0.39, 0.29) is 0 Å². The van der Waals surface area contributed by atoms with Crippen molar-refractivity contribution in [2.45, 2.75) is 76.7 Å². The summed E-state index contributed by atoms with van der Waals surface area (Å²) in [5.41, 5.74) is 6.02. The zero-order chi connectivity index (χ0) is 13.5. The molecule has 2 rings (SSSR count). The molecule has 0 bridgehead atoms. The predicted molar refractivity (Wildman–Crippen MR) is 81.5 cm³/mol. The average Bonchev–Trinajstić information content (AvgIpc) is 2.71. The summed E-state index contributed by atoms with van der Waals surface area (Å²) in [6, 6.07) is 0.437. The van der Waals surface area contributed by atoms with Crippen LogP contribution in [0.5, 0.6) is 0 Å². The topological polar surface area (TPSA) is 43.8 Å². The maximum Gasteiger partial charge on any atom is 0.140 e. The Bertz CT molecular complexity index is 363. The van der Waals surface area contributed by atoms with E-state index >= 15 is 0 Å². The van der Waals surface area contributed by atoms with Crippen molar-refractivity contribution in [2.24, 2.45) is 0 Å². The highest BCUT2D eigenvalue weighted by Crippen LogP contribution is 2.29. The van der Waals surface area contributed by atoms with Crippen molar-refractivity contribution in [3.05, 3.63) is 11.2 Å². The Labute approximate surface area is 121 Å². The Balaban J connectivity index is 1.96. The number of hydrogen-bond acceptors (Lipinski definition) is 2. The second kappa shape index (κ2) is 7.78. The molecule has 0 aliphatic heterocycles. The van der Waals surface area contributed by atoms with Gasteiger partial charge in [0.2, 0.25) is 0 Å². The number of nitrogen functional groups attached to an aromatic ring is 1. The van der Waals surface area contributed by atoms with Crippen LogP contribution in [0.2, 0.25) is 5.02 Å². The minimum Gasteiger partial charge on any atom is -0.383 e. The number of nitrogens with zero attached hydrogens (tertiary/aromatic N) is 2.